The molecule has 2 amide bonds. The monoisotopic (exact) mass is 367 g/mol. The summed E-state index contributed by atoms with van der Waals surface area (Å²) in [6.07, 6.45) is 1.39. The molecular weight excluding hydrogens is 353 g/mol. The van der Waals surface area contributed by atoms with Gasteiger partial charge < -0.3 is 15.2 Å². The number of amides is 2. The standard InChI is InChI=1S/C16H15Cl2N3O3/c1-23-14-7-10(8-20-21-16(19)22)6-13(18)15(14)24-9-11-4-2-3-5-12(11)17/h2-8H,9H2,1H3,(H3,19,21,22)/b20-8-. The molecule has 0 bridgehead atoms. The number of benzene rings is 2. The molecule has 2 aromatic rings. The van der Waals surface area contributed by atoms with Crippen molar-refractivity contribution in [3.05, 3.63) is 57.6 Å². The van der Waals surface area contributed by atoms with E-state index in [9.17, 15) is 4.79 Å². The molecule has 3 N–H and O–H groups in total. The van der Waals surface area contributed by atoms with Crippen molar-refractivity contribution in [1.82, 2.24) is 5.43 Å². The van der Waals surface area contributed by atoms with Gasteiger partial charge in [0.2, 0.25) is 0 Å². The van der Waals surface area contributed by atoms with E-state index in [1.54, 1.807) is 18.2 Å². The second-order valence-electron chi connectivity index (χ2n) is 4.65. The Bertz CT molecular complexity index is 766. The van der Waals surface area contributed by atoms with Crippen LogP contribution in [0.1, 0.15) is 11.1 Å². The Hall–Kier alpha value is -2.44. The second-order valence-corrected chi connectivity index (χ2v) is 5.46. The number of urea groups is 1. The lowest BCUT2D eigenvalue weighted by molar-refractivity contribution is 0.249. The van der Waals surface area contributed by atoms with Crippen molar-refractivity contribution in [2.45, 2.75) is 6.61 Å². The maximum absolute atomic E-state index is 10.6. The lowest BCUT2D eigenvalue weighted by atomic mass is 10.2. The first-order valence-electron chi connectivity index (χ1n) is 6.83. The largest absolute Gasteiger partial charge is 0.493 e. The zero-order valence-corrected chi connectivity index (χ0v) is 14.3. The highest BCUT2D eigenvalue weighted by Gasteiger charge is 2.12. The van der Waals surface area contributed by atoms with Gasteiger partial charge in [0.1, 0.15) is 6.61 Å². The second kappa shape index (κ2) is 8.42. The van der Waals surface area contributed by atoms with Gasteiger partial charge in [-0.25, -0.2) is 10.2 Å². The minimum Gasteiger partial charge on any atom is -0.493 e. The molecule has 6 nitrogen and oxygen atoms in total. The minimum absolute atomic E-state index is 0.242. The molecule has 0 heterocycles. The Morgan fingerprint density at radius 1 is 1.29 bits per heavy atom. The Labute approximate surface area is 149 Å². The lowest BCUT2D eigenvalue weighted by Crippen LogP contribution is -2.24. The highest BCUT2D eigenvalue weighted by molar-refractivity contribution is 6.32. The molecule has 0 radical (unpaired) electrons. The molecule has 2 rings (SSSR count). The van der Waals surface area contributed by atoms with Gasteiger partial charge in [-0.05, 0) is 23.8 Å². The number of hydrogen-bond acceptors (Lipinski definition) is 4. The summed E-state index contributed by atoms with van der Waals surface area (Å²) in [7, 11) is 1.50. The Morgan fingerprint density at radius 3 is 2.71 bits per heavy atom. The van der Waals surface area contributed by atoms with Crippen molar-refractivity contribution in [3.63, 3.8) is 0 Å². The molecule has 0 aliphatic carbocycles. The van der Waals surface area contributed by atoms with Gasteiger partial charge in [-0.15, -0.1) is 0 Å². The Morgan fingerprint density at radius 2 is 2.04 bits per heavy atom. The predicted molar refractivity (Wildman–Crippen MR) is 94.1 cm³/mol. The summed E-state index contributed by atoms with van der Waals surface area (Å²) in [5.74, 6) is 0.814. The van der Waals surface area contributed by atoms with Crippen LogP contribution >= 0.6 is 23.2 Å². The number of halogens is 2. The van der Waals surface area contributed by atoms with Crippen LogP contribution in [0.2, 0.25) is 10.0 Å². The van der Waals surface area contributed by atoms with Crippen LogP contribution in [0.3, 0.4) is 0 Å². The number of primary amides is 1. The van der Waals surface area contributed by atoms with Crippen LogP contribution in [0.15, 0.2) is 41.5 Å². The van der Waals surface area contributed by atoms with Crippen molar-refractivity contribution < 1.29 is 14.3 Å². The van der Waals surface area contributed by atoms with Crippen LogP contribution in [0.4, 0.5) is 4.79 Å². The number of rotatable bonds is 6. The minimum atomic E-state index is -0.760. The summed E-state index contributed by atoms with van der Waals surface area (Å²) in [5, 5.41) is 4.61. The van der Waals surface area contributed by atoms with Crippen LogP contribution in [0, 0.1) is 0 Å². The quantitative estimate of drug-likeness (QED) is 0.604. The smallest absolute Gasteiger partial charge is 0.332 e. The molecule has 0 aliphatic heterocycles. The van der Waals surface area contributed by atoms with Gasteiger partial charge >= 0.3 is 6.03 Å². The van der Waals surface area contributed by atoms with E-state index in [0.29, 0.717) is 27.1 Å². The molecule has 0 spiro atoms. The molecule has 0 aliphatic rings. The molecule has 0 fully saturated rings. The van der Waals surface area contributed by atoms with E-state index in [2.05, 4.69) is 10.5 Å². The first kappa shape index (κ1) is 17.9. The maximum atomic E-state index is 10.6. The van der Waals surface area contributed by atoms with Crippen LogP contribution in [-0.4, -0.2) is 19.4 Å². The summed E-state index contributed by atoms with van der Waals surface area (Å²) in [4.78, 5) is 10.6. The van der Waals surface area contributed by atoms with E-state index in [1.165, 1.54) is 13.3 Å². The average molecular weight is 368 g/mol. The highest BCUT2D eigenvalue weighted by Crippen LogP contribution is 2.36. The molecule has 0 saturated heterocycles. The number of carbonyl (C=O) groups is 1. The van der Waals surface area contributed by atoms with Crippen LogP contribution < -0.4 is 20.6 Å². The first-order chi connectivity index (χ1) is 11.5. The summed E-state index contributed by atoms with van der Waals surface area (Å²) in [6.45, 7) is 0.242. The van der Waals surface area contributed by atoms with Crippen molar-refractivity contribution in [2.24, 2.45) is 10.8 Å². The topological polar surface area (TPSA) is 85.9 Å². The molecule has 0 aromatic heterocycles. The van der Waals surface area contributed by atoms with Crippen molar-refractivity contribution in [2.75, 3.05) is 7.11 Å². The number of hydrazone groups is 1. The van der Waals surface area contributed by atoms with Gasteiger partial charge in [0.05, 0.1) is 18.3 Å². The van der Waals surface area contributed by atoms with Crippen molar-refractivity contribution in [3.8, 4) is 11.5 Å². The number of hydrogen-bond donors (Lipinski definition) is 2. The molecule has 0 unspecified atom stereocenters. The van der Waals surface area contributed by atoms with Gasteiger partial charge in [0.25, 0.3) is 0 Å². The van der Waals surface area contributed by atoms with Crippen LogP contribution in [-0.2, 0) is 6.61 Å². The fourth-order valence-corrected chi connectivity index (χ4v) is 2.35. The molecule has 24 heavy (non-hydrogen) atoms. The normalized spacial score (nSPS) is 10.6. The maximum Gasteiger partial charge on any atom is 0.332 e. The number of ether oxygens (including phenoxy) is 2. The Balaban J connectivity index is 2.19. The number of methoxy groups -OCH3 is 1. The third kappa shape index (κ3) is 4.78. The highest BCUT2D eigenvalue weighted by atomic mass is 35.5. The molecule has 0 saturated carbocycles. The third-order valence-corrected chi connectivity index (χ3v) is 3.62. The van der Waals surface area contributed by atoms with Crippen LogP contribution in [0.25, 0.3) is 0 Å². The predicted octanol–water partition coefficient (Wildman–Crippen LogP) is 3.58. The van der Waals surface area contributed by atoms with Gasteiger partial charge in [-0.3, -0.25) is 0 Å². The number of carbonyl (C=O) groups excluding carboxylic acids is 1. The summed E-state index contributed by atoms with van der Waals surface area (Å²) in [5.41, 5.74) is 8.46. The van der Waals surface area contributed by atoms with Crippen molar-refractivity contribution in [1.29, 1.82) is 0 Å². The van der Waals surface area contributed by atoms with E-state index in [1.807, 2.05) is 18.2 Å². The number of nitrogens with one attached hydrogen (secondary N) is 1. The van der Waals surface area contributed by atoms with E-state index < -0.39 is 6.03 Å². The third-order valence-electron chi connectivity index (χ3n) is 2.97. The van der Waals surface area contributed by atoms with Gasteiger partial charge in [-0.2, -0.15) is 5.10 Å². The molecule has 8 heteroatoms. The molecular formula is C16H15Cl2N3O3. The van der Waals surface area contributed by atoms with Gasteiger partial charge in [0.15, 0.2) is 11.5 Å². The number of nitrogens with two attached hydrogens (primary N) is 1. The van der Waals surface area contributed by atoms with Gasteiger partial charge in [-0.1, -0.05) is 41.4 Å². The first-order valence-corrected chi connectivity index (χ1v) is 7.59. The molecule has 126 valence electrons. The van der Waals surface area contributed by atoms with E-state index in [-0.39, 0.29) is 6.61 Å². The zero-order chi connectivity index (χ0) is 17.5. The lowest BCUT2D eigenvalue weighted by Gasteiger charge is -2.14. The van der Waals surface area contributed by atoms with Crippen molar-refractivity contribution >= 4 is 35.4 Å². The van der Waals surface area contributed by atoms with Gasteiger partial charge in [0, 0.05) is 10.6 Å². The summed E-state index contributed by atoms with van der Waals surface area (Å²) in [6, 6.07) is 9.88. The van der Waals surface area contributed by atoms with E-state index in [4.69, 9.17) is 38.4 Å². The fourth-order valence-electron chi connectivity index (χ4n) is 1.89. The Kier molecular flexibility index (Phi) is 6.28. The molecule has 2 aromatic carbocycles. The van der Waals surface area contributed by atoms with E-state index in [0.717, 1.165) is 5.56 Å². The fraction of sp³-hybridized carbons (Fsp3) is 0.125. The number of nitrogens with zero attached hydrogens (tertiary/aromatic N) is 1. The SMILES string of the molecule is COc1cc(/C=N\NC(N)=O)cc(Cl)c1OCc1ccccc1Cl. The summed E-state index contributed by atoms with van der Waals surface area (Å²) >= 11 is 12.4. The molecule has 0 atom stereocenters. The van der Waals surface area contributed by atoms with Crippen LogP contribution in [0.5, 0.6) is 11.5 Å². The average Bonchev–Trinajstić information content (AvgIpc) is 2.54. The zero-order valence-electron chi connectivity index (χ0n) is 12.8. The summed E-state index contributed by atoms with van der Waals surface area (Å²) < 4.78 is 11.0. The van der Waals surface area contributed by atoms with E-state index >= 15 is 0 Å².